The van der Waals surface area contributed by atoms with Gasteiger partial charge >= 0.3 is 0 Å². The molecule has 0 bridgehead atoms. The van der Waals surface area contributed by atoms with Crippen LogP contribution < -0.4 is 20.5 Å². The highest BCUT2D eigenvalue weighted by Gasteiger charge is 2.48. The van der Waals surface area contributed by atoms with E-state index in [1.807, 2.05) is 0 Å². The number of rotatable bonds is 4. The van der Waals surface area contributed by atoms with Crippen molar-refractivity contribution in [1.82, 2.24) is 10.3 Å². The molecule has 1 aromatic heterocycles. The van der Waals surface area contributed by atoms with E-state index in [1.165, 1.54) is 20.0 Å². The van der Waals surface area contributed by atoms with Gasteiger partial charge in [0.2, 0.25) is 5.95 Å². The number of fused-ring (bicyclic) bond motifs is 4. The quantitative estimate of drug-likeness (QED) is 0.549. The van der Waals surface area contributed by atoms with Crippen molar-refractivity contribution in [2.45, 2.75) is 31.3 Å². The van der Waals surface area contributed by atoms with Crippen LogP contribution in [0.4, 0.5) is 13.2 Å². The summed E-state index contributed by atoms with van der Waals surface area (Å²) in [7, 11) is 0. The molecule has 1 unspecified atom stereocenters. The molecule has 1 fully saturated rings. The fourth-order valence-corrected chi connectivity index (χ4v) is 4.32. The molecule has 3 N–H and O–H groups in total. The third-order valence-electron chi connectivity index (χ3n) is 5.80. The number of alkyl halides is 1. The topological polar surface area (TPSA) is 78.6 Å². The monoisotopic (exact) mass is 471 g/mol. The Hall–Kier alpha value is -3.14. The van der Waals surface area contributed by atoms with Gasteiger partial charge in [-0.2, -0.15) is 4.39 Å². The lowest BCUT2D eigenvalue weighted by atomic mass is 9.80. The Kier molecular flexibility index (Phi) is 5.50. The minimum Gasteiger partial charge on any atom is -0.490 e. The van der Waals surface area contributed by atoms with Crippen LogP contribution in [0.3, 0.4) is 0 Å². The van der Waals surface area contributed by atoms with Crippen LogP contribution in [0.5, 0.6) is 17.2 Å². The Labute approximate surface area is 194 Å². The lowest BCUT2D eigenvalue weighted by molar-refractivity contribution is -0.0974. The van der Waals surface area contributed by atoms with Crippen LogP contribution >= 0.6 is 0 Å². The second-order valence-corrected chi connectivity index (χ2v) is 9.06. The first-order valence-electron chi connectivity index (χ1n) is 10.9. The largest absolute Gasteiger partial charge is 0.490 e. The van der Waals surface area contributed by atoms with E-state index in [0.717, 1.165) is 6.07 Å². The van der Waals surface area contributed by atoms with Crippen molar-refractivity contribution in [3.8, 4) is 28.4 Å². The van der Waals surface area contributed by atoms with E-state index < -0.39 is 29.3 Å². The molecular weight excluding hydrogens is 447 g/mol. The van der Waals surface area contributed by atoms with Gasteiger partial charge in [0.25, 0.3) is 0 Å². The zero-order chi connectivity index (χ0) is 24.1. The van der Waals surface area contributed by atoms with Gasteiger partial charge < -0.3 is 25.3 Å². The summed E-state index contributed by atoms with van der Waals surface area (Å²) in [6.07, 6.45) is 0.664. The maximum atomic E-state index is 15.2. The van der Waals surface area contributed by atoms with Crippen molar-refractivity contribution in [3.63, 3.8) is 0 Å². The predicted octanol–water partition coefficient (Wildman–Crippen LogP) is 4.41. The second-order valence-electron chi connectivity index (χ2n) is 9.06. The minimum absolute atomic E-state index is 0.0319. The molecule has 9 heteroatoms. The van der Waals surface area contributed by atoms with Crippen LogP contribution in [0.25, 0.3) is 11.1 Å². The van der Waals surface area contributed by atoms with Crippen LogP contribution in [-0.4, -0.2) is 36.6 Å². The maximum absolute atomic E-state index is 15.2. The molecule has 2 aromatic carbocycles. The molecule has 1 spiro atoms. The van der Waals surface area contributed by atoms with Gasteiger partial charge in [-0.25, -0.2) is 13.8 Å². The van der Waals surface area contributed by atoms with E-state index in [4.69, 9.17) is 19.9 Å². The zero-order valence-electron chi connectivity index (χ0n) is 18.7. The fraction of sp³-hybridized carbons (Fsp3) is 0.320. The summed E-state index contributed by atoms with van der Waals surface area (Å²) in [5.74, 6) is -0.849. The third-order valence-corrected chi connectivity index (χ3v) is 5.80. The molecule has 0 amide bonds. The molecule has 2 aliphatic rings. The Morgan fingerprint density at radius 2 is 2.03 bits per heavy atom. The molecule has 2 aliphatic heterocycles. The number of nitrogens with zero attached hydrogens (tertiary/aromatic N) is 1. The first kappa shape index (κ1) is 22.6. The standard InChI is InChI=1S/C25H24F3N3O3/c1-24(2,28)13-32-15-9-18-22(19(26)10-15)33-20-6-5-14(16-4-3-7-31-23(16)27)8-17(20)25(18)12-30-11-21(29)34-25/h3-10,21,30H,11-13,29H2,1-2H3/t21-,25?/m0/s1. The van der Waals surface area contributed by atoms with Crippen LogP contribution in [0.1, 0.15) is 25.0 Å². The lowest BCUT2D eigenvalue weighted by Gasteiger charge is -2.45. The fourth-order valence-electron chi connectivity index (χ4n) is 4.32. The number of nitrogens with one attached hydrogen (secondary N) is 1. The molecule has 0 radical (unpaired) electrons. The molecule has 0 saturated carbocycles. The average molecular weight is 471 g/mol. The Morgan fingerprint density at radius 1 is 1.21 bits per heavy atom. The molecule has 178 valence electrons. The number of nitrogens with two attached hydrogens (primary N) is 1. The minimum atomic E-state index is -1.61. The van der Waals surface area contributed by atoms with Crippen molar-refractivity contribution in [2.75, 3.05) is 19.7 Å². The molecule has 2 atom stereocenters. The Morgan fingerprint density at radius 3 is 2.76 bits per heavy atom. The van der Waals surface area contributed by atoms with Crippen LogP contribution in [0.15, 0.2) is 48.7 Å². The van der Waals surface area contributed by atoms with Crippen LogP contribution in [0.2, 0.25) is 0 Å². The van der Waals surface area contributed by atoms with Crippen molar-refractivity contribution >= 4 is 0 Å². The van der Waals surface area contributed by atoms with Gasteiger partial charge in [-0.3, -0.25) is 0 Å². The molecule has 0 aliphatic carbocycles. The molecule has 3 heterocycles. The highest BCUT2D eigenvalue weighted by molar-refractivity contribution is 5.69. The number of aromatic nitrogens is 1. The number of pyridine rings is 1. The van der Waals surface area contributed by atoms with Gasteiger partial charge in [0.05, 0.1) is 0 Å². The van der Waals surface area contributed by atoms with Gasteiger partial charge in [0.1, 0.15) is 35.6 Å². The Balaban J connectivity index is 1.67. The highest BCUT2D eigenvalue weighted by Crippen LogP contribution is 2.52. The Bertz CT molecular complexity index is 1250. The molecule has 34 heavy (non-hydrogen) atoms. The van der Waals surface area contributed by atoms with E-state index in [0.29, 0.717) is 34.5 Å². The predicted molar refractivity (Wildman–Crippen MR) is 119 cm³/mol. The first-order valence-corrected chi connectivity index (χ1v) is 10.9. The van der Waals surface area contributed by atoms with Gasteiger partial charge in [-0.05, 0) is 49.7 Å². The summed E-state index contributed by atoms with van der Waals surface area (Å²) >= 11 is 0. The van der Waals surface area contributed by atoms with E-state index in [9.17, 15) is 8.78 Å². The van der Waals surface area contributed by atoms with Gasteiger partial charge in [-0.1, -0.05) is 6.07 Å². The highest BCUT2D eigenvalue weighted by atomic mass is 19.1. The van der Waals surface area contributed by atoms with Gasteiger partial charge in [0, 0.05) is 42.0 Å². The molecular formula is C25H24F3N3O3. The summed E-state index contributed by atoms with van der Waals surface area (Å²) in [6.45, 7) is 3.11. The number of morpholine rings is 1. The molecule has 1 saturated heterocycles. The summed E-state index contributed by atoms with van der Waals surface area (Å²) in [6, 6.07) is 11.0. The SMILES string of the molecule is CC(C)(F)COc1cc(F)c2c(c1)C1(CNC[C@@H](N)O1)c1cc(-c3cccnc3F)ccc1O2. The summed E-state index contributed by atoms with van der Waals surface area (Å²) in [5.41, 5.74) is 5.03. The van der Waals surface area contributed by atoms with Crippen molar-refractivity contribution in [2.24, 2.45) is 5.73 Å². The van der Waals surface area contributed by atoms with Gasteiger partial charge in [0.15, 0.2) is 11.6 Å². The number of benzene rings is 2. The average Bonchev–Trinajstić information content (AvgIpc) is 2.78. The molecule has 3 aromatic rings. The number of halogens is 3. The zero-order valence-corrected chi connectivity index (χ0v) is 18.7. The lowest BCUT2D eigenvalue weighted by Crippen LogP contribution is -2.56. The van der Waals surface area contributed by atoms with Crippen molar-refractivity contribution < 1.29 is 27.4 Å². The first-order chi connectivity index (χ1) is 16.2. The van der Waals surface area contributed by atoms with E-state index in [1.54, 1.807) is 36.4 Å². The molecule has 6 nitrogen and oxygen atoms in total. The van der Waals surface area contributed by atoms with Crippen LogP contribution in [-0.2, 0) is 10.3 Å². The number of hydrogen-bond acceptors (Lipinski definition) is 6. The second kappa shape index (κ2) is 8.26. The third kappa shape index (κ3) is 4.00. The maximum Gasteiger partial charge on any atom is 0.220 e. The van der Waals surface area contributed by atoms with Crippen molar-refractivity contribution in [3.05, 3.63) is 71.6 Å². The van der Waals surface area contributed by atoms with E-state index in [2.05, 4.69) is 10.3 Å². The van der Waals surface area contributed by atoms with Gasteiger partial charge in [-0.15, -0.1) is 0 Å². The summed E-state index contributed by atoms with van der Waals surface area (Å²) < 4.78 is 61.4. The normalized spacial score (nSPS) is 21.5. The summed E-state index contributed by atoms with van der Waals surface area (Å²) in [5, 5.41) is 3.23. The van der Waals surface area contributed by atoms with E-state index in [-0.39, 0.29) is 24.7 Å². The van der Waals surface area contributed by atoms with E-state index >= 15 is 4.39 Å². The van der Waals surface area contributed by atoms with Crippen molar-refractivity contribution in [1.29, 1.82) is 0 Å². The number of hydrogen-bond donors (Lipinski definition) is 2. The number of ether oxygens (including phenoxy) is 3. The molecule has 5 rings (SSSR count). The van der Waals surface area contributed by atoms with Crippen LogP contribution in [0, 0.1) is 11.8 Å². The smallest absolute Gasteiger partial charge is 0.220 e. The summed E-state index contributed by atoms with van der Waals surface area (Å²) in [4.78, 5) is 3.72.